The molecule has 6 aromatic heterocycles. The summed E-state index contributed by atoms with van der Waals surface area (Å²) in [6.45, 7) is 13.5. The van der Waals surface area contributed by atoms with Crippen LogP contribution < -0.4 is 21.8 Å². The largest absolute Gasteiger partial charge is 0.393 e. The van der Waals surface area contributed by atoms with Crippen molar-refractivity contribution < 1.29 is 9.68 Å². The first-order chi connectivity index (χ1) is 30.4. The quantitative estimate of drug-likeness (QED) is 0.0302. The monoisotopic (exact) mass is 902 g/mol. The van der Waals surface area contributed by atoms with Gasteiger partial charge in [0.25, 0.3) is 11.1 Å². The number of pyridine rings is 6. The summed E-state index contributed by atoms with van der Waals surface area (Å²) in [5.41, 5.74) is 5.90. The molecule has 0 aliphatic rings. The van der Waals surface area contributed by atoms with Gasteiger partial charge in [-0.2, -0.15) is 0 Å². The number of oxime groups is 2. The number of nitrogens with one attached hydrogen (secondary N) is 4. The smallest absolute Gasteiger partial charge is 0.256 e. The number of aromatic nitrogens is 6. The Bertz CT molecular complexity index is 3180. The first kappa shape index (κ1) is 44.2. The minimum absolute atomic E-state index is 0.0491. The summed E-state index contributed by atoms with van der Waals surface area (Å²) in [7, 11) is 0. The van der Waals surface area contributed by atoms with Crippen LogP contribution in [0.25, 0.3) is 43.4 Å². The Morgan fingerprint density at radius 1 is 0.762 bits per heavy atom. The van der Waals surface area contributed by atoms with Crippen LogP contribution in [-0.2, 0) is 9.68 Å². The first-order valence-electron chi connectivity index (χ1n) is 19.7. The number of fused-ring (bicyclic) bond motifs is 6. The van der Waals surface area contributed by atoms with Gasteiger partial charge in [0.2, 0.25) is 0 Å². The van der Waals surface area contributed by atoms with Crippen LogP contribution in [-0.4, -0.2) is 54.0 Å². The third kappa shape index (κ3) is 9.63. The molecule has 6 heterocycles. The molecule has 0 fully saturated rings. The lowest BCUT2D eigenvalue weighted by atomic mass is 10.1. The number of halogens is 3. The minimum atomic E-state index is -0.236. The number of benzene rings is 2. The molecule has 8 aromatic rings. The zero-order valence-corrected chi connectivity index (χ0v) is 37.1. The van der Waals surface area contributed by atoms with E-state index >= 15 is 0 Å². The van der Waals surface area contributed by atoms with Crippen molar-refractivity contribution in [1.82, 2.24) is 29.9 Å². The third-order valence-corrected chi connectivity index (χ3v) is 10.9. The molecule has 0 spiro atoms. The highest BCUT2D eigenvalue weighted by Gasteiger charge is 2.18. The lowest BCUT2D eigenvalue weighted by Gasteiger charge is -2.15. The van der Waals surface area contributed by atoms with E-state index in [0.717, 1.165) is 23.3 Å². The number of anilines is 4. The number of hydrogen-bond acceptors (Lipinski definition) is 12. The topological polar surface area (TPSA) is 185 Å². The molecular formula is C46H41Cl3N10O4. The van der Waals surface area contributed by atoms with Gasteiger partial charge in [0.15, 0.2) is 0 Å². The summed E-state index contributed by atoms with van der Waals surface area (Å²) in [4.78, 5) is 58.8. The molecule has 17 heteroatoms. The van der Waals surface area contributed by atoms with Crippen LogP contribution in [0.15, 0.2) is 118 Å². The van der Waals surface area contributed by atoms with Crippen molar-refractivity contribution in [2.45, 2.75) is 47.1 Å². The highest BCUT2D eigenvalue weighted by atomic mass is 35.5. The van der Waals surface area contributed by atoms with Crippen molar-refractivity contribution in [3.8, 4) is 0 Å². The number of nitrogens with zero attached hydrogens (tertiary/aromatic N) is 6. The molecule has 0 saturated heterocycles. The molecule has 1 unspecified atom stereocenters. The third-order valence-electron chi connectivity index (χ3n) is 10.0. The molecule has 0 bridgehead atoms. The molecule has 0 amide bonds. The Labute approximate surface area is 376 Å². The van der Waals surface area contributed by atoms with Gasteiger partial charge < -0.3 is 30.3 Å². The van der Waals surface area contributed by atoms with Gasteiger partial charge in [0, 0.05) is 69.9 Å². The molecule has 8 rings (SSSR count). The fraction of sp³-hybridized carbons (Fsp3) is 0.174. The summed E-state index contributed by atoms with van der Waals surface area (Å²) in [5, 5.41) is 19.7. The highest BCUT2D eigenvalue weighted by molar-refractivity contribution is 6.40. The minimum Gasteiger partial charge on any atom is -0.393 e. The van der Waals surface area contributed by atoms with E-state index in [2.05, 4.69) is 52.4 Å². The van der Waals surface area contributed by atoms with Crippen molar-refractivity contribution in [1.29, 1.82) is 0 Å². The van der Waals surface area contributed by atoms with Gasteiger partial charge in [-0.3, -0.25) is 19.6 Å². The molecule has 2 aromatic carbocycles. The van der Waals surface area contributed by atoms with Crippen molar-refractivity contribution >= 4 is 113 Å². The van der Waals surface area contributed by atoms with Crippen molar-refractivity contribution in [2.75, 3.05) is 17.2 Å². The van der Waals surface area contributed by atoms with E-state index < -0.39 is 0 Å². The van der Waals surface area contributed by atoms with Crippen LogP contribution in [0, 0.1) is 6.92 Å². The average Bonchev–Trinajstić information content (AvgIpc) is 3.28. The van der Waals surface area contributed by atoms with E-state index in [1.54, 1.807) is 80.5 Å². The Hall–Kier alpha value is -6.87. The number of hydrogen-bond donors (Lipinski definition) is 4. The lowest BCUT2D eigenvalue weighted by Crippen LogP contribution is -2.08. The summed E-state index contributed by atoms with van der Waals surface area (Å²) in [6, 6.07) is 14.4. The number of H-pyrrole nitrogens is 2. The predicted octanol–water partition coefficient (Wildman–Crippen LogP) is 11.2. The zero-order chi connectivity index (χ0) is 44.8. The van der Waals surface area contributed by atoms with E-state index in [-0.39, 0.29) is 17.2 Å². The second kappa shape index (κ2) is 19.5. The molecule has 0 radical (unpaired) electrons. The van der Waals surface area contributed by atoms with E-state index in [1.807, 2.05) is 45.9 Å². The molecule has 0 aliphatic heterocycles. The molecule has 63 heavy (non-hydrogen) atoms. The SMILES string of the molecule is C=CCO/N=C(\C)c1cc(Cl)c(Nc2nc3ccncc3c3c(=O)[nH]ccc23)c(Cl)c1.CCC(C)O/N=C(\C)c1cc(C)c(Nc2nc3ccncc3c3c(=O)[nH]ccc23)c(Cl)c1. The average molecular weight is 904 g/mol. The summed E-state index contributed by atoms with van der Waals surface area (Å²) in [6.07, 6.45) is 12.2. The Morgan fingerprint density at radius 2 is 1.25 bits per heavy atom. The predicted molar refractivity (Wildman–Crippen MR) is 256 cm³/mol. The van der Waals surface area contributed by atoms with Gasteiger partial charge in [-0.25, -0.2) is 9.97 Å². The first-order valence-corrected chi connectivity index (χ1v) is 20.8. The molecule has 320 valence electrons. The Kier molecular flexibility index (Phi) is 13.6. The second-order valence-corrected chi connectivity index (χ2v) is 15.6. The molecule has 14 nitrogen and oxygen atoms in total. The Balaban J connectivity index is 0.000000189. The van der Waals surface area contributed by atoms with Gasteiger partial charge in [-0.1, -0.05) is 64.7 Å². The van der Waals surface area contributed by atoms with Crippen LogP contribution in [0.4, 0.5) is 23.0 Å². The van der Waals surface area contributed by atoms with Gasteiger partial charge in [-0.05, 0) is 88.2 Å². The van der Waals surface area contributed by atoms with Crippen molar-refractivity contribution in [2.24, 2.45) is 10.3 Å². The molecule has 1 atom stereocenters. The Morgan fingerprint density at radius 3 is 1.76 bits per heavy atom. The van der Waals surface area contributed by atoms with Crippen LogP contribution in [0.5, 0.6) is 0 Å². The fourth-order valence-corrected chi connectivity index (χ4v) is 7.47. The number of aromatic amines is 2. The van der Waals surface area contributed by atoms with E-state index in [1.165, 1.54) is 0 Å². The normalized spacial score (nSPS) is 12.3. The maximum atomic E-state index is 12.6. The van der Waals surface area contributed by atoms with Crippen molar-refractivity contribution in [3.05, 3.63) is 151 Å². The maximum Gasteiger partial charge on any atom is 0.256 e. The second-order valence-electron chi connectivity index (χ2n) is 14.4. The van der Waals surface area contributed by atoms with E-state index in [4.69, 9.17) is 49.5 Å². The van der Waals surface area contributed by atoms with Gasteiger partial charge in [-0.15, -0.1) is 0 Å². The molecular weight excluding hydrogens is 863 g/mol. The van der Waals surface area contributed by atoms with Crippen LogP contribution in [0.1, 0.15) is 50.8 Å². The van der Waals surface area contributed by atoms with Crippen LogP contribution in [0.2, 0.25) is 15.1 Å². The van der Waals surface area contributed by atoms with E-state index in [9.17, 15) is 9.59 Å². The standard InChI is InChI=1S/C24H24ClN5O2.C22H17Cl2N5O2/c1-5-14(3)32-30-15(4)16-10-13(2)22(19(25)11-16)29-23-17-6-9-27-24(31)21(17)18-12-26-8-7-20(18)28-23;1-3-8-31-29-12(2)13-9-16(23)20(17(24)10-13)28-21-14-4-7-26-22(30)19(14)15-11-25-6-5-18(15)27-21/h6-12,14H,5H2,1-4H3,(H,27,31)(H,28,29);3-7,9-11H,1,8H2,2H3,(H,26,30)(H,27,28)/b30-15+;29-12+. The van der Waals surface area contributed by atoms with Crippen molar-refractivity contribution in [3.63, 3.8) is 0 Å². The van der Waals surface area contributed by atoms with Crippen LogP contribution in [0.3, 0.4) is 0 Å². The van der Waals surface area contributed by atoms with Gasteiger partial charge in [0.05, 0.1) is 59.7 Å². The summed E-state index contributed by atoms with van der Waals surface area (Å²) < 4.78 is 0. The summed E-state index contributed by atoms with van der Waals surface area (Å²) >= 11 is 19.7. The lowest BCUT2D eigenvalue weighted by molar-refractivity contribution is 0.0699. The molecule has 4 N–H and O–H groups in total. The number of rotatable bonds is 12. The van der Waals surface area contributed by atoms with Crippen LogP contribution >= 0.6 is 34.8 Å². The van der Waals surface area contributed by atoms with Gasteiger partial charge in [0.1, 0.15) is 24.3 Å². The highest BCUT2D eigenvalue weighted by Crippen LogP contribution is 2.37. The fourth-order valence-electron chi connectivity index (χ4n) is 6.58. The maximum absolute atomic E-state index is 12.6. The zero-order valence-electron chi connectivity index (χ0n) is 34.8. The molecule has 0 saturated carbocycles. The number of aryl methyl sites for hydroxylation is 1. The van der Waals surface area contributed by atoms with Gasteiger partial charge >= 0.3 is 0 Å². The molecule has 0 aliphatic carbocycles. The van der Waals surface area contributed by atoms with E-state index in [0.29, 0.717) is 99.3 Å². The summed E-state index contributed by atoms with van der Waals surface area (Å²) in [5.74, 6) is 1.00.